The number of hydrogen-bond acceptors (Lipinski definition) is 4. The summed E-state index contributed by atoms with van der Waals surface area (Å²) < 4.78 is 5.96. The summed E-state index contributed by atoms with van der Waals surface area (Å²) in [5.41, 5.74) is 7.64. The van der Waals surface area contributed by atoms with Gasteiger partial charge in [-0.1, -0.05) is 19.9 Å². The van der Waals surface area contributed by atoms with Gasteiger partial charge in [-0.2, -0.15) is 0 Å². The van der Waals surface area contributed by atoms with Crippen LogP contribution in [0.3, 0.4) is 0 Å². The van der Waals surface area contributed by atoms with Gasteiger partial charge in [0.05, 0.1) is 12.1 Å². The summed E-state index contributed by atoms with van der Waals surface area (Å²) in [6.07, 6.45) is 0.941. The number of halogens is 2. The summed E-state index contributed by atoms with van der Waals surface area (Å²) >= 11 is 0. The third-order valence-corrected chi connectivity index (χ3v) is 4.64. The number of benzene rings is 1. The number of H-pyrrole nitrogens is 1. The molecule has 0 bridgehead atoms. The Hall–Kier alpha value is -1.96. The first-order valence-corrected chi connectivity index (χ1v) is 8.98. The van der Waals surface area contributed by atoms with Gasteiger partial charge in [-0.05, 0) is 44.1 Å². The molecule has 2 aromatic rings. The van der Waals surface area contributed by atoms with Crippen molar-refractivity contribution in [3.8, 4) is 5.75 Å². The maximum absolute atomic E-state index is 12.4. The van der Waals surface area contributed by atoms with Crippen LogP contribution in [-0.2, 0) is 0 Å². The van der Waals surface area contributed by atoms with Gasteiger partial charge in [-0.3, -0.25) is 15.1 Å². The van der Waals surface area contributed by atoms with Crippen LogP contribution in [0.15, 0.2) is 18.2 Å². The highest BCUT2D eigenvalue weighted by atomic mass is 35.5. The van der Waals surface area contributed by atoms with E-state index in [0.717, 1.165) is 53.2 Å². The zero-order valence-corrected chi connectivity index (χ0v) is 18.5. The zero-order chi connectivity index (χ0) is 19.3. The van der Waals surface area contributed by atoms with Gasteiger partial charge < -0.3 is 20.4 Å². The average molecular weight is 432 g/mol. The van der Waals surface area contributed by atoms with E-state index in [1.54, 1.807) is 6.07 Å². The Balaban J connectivity index is 0.00000364. The van der Waals surface area contributed by atoms with Crippen molar-refractivity contribution in [2.45, 2.75) is 27.2 Å². The number of carbonyl (C=O) groups excluding carboxylic acids is 1. The number of aromatic nitrogens is 1. The number of hydrogen-bond donors (Lipinski definition) is 3. The first kappa shape index (κ1) is 26.0. The van der Waals surface area contributed by atoms with Crippen LogP contribution in [0.2, 0.25) is 0 Å². The zero-order valence-electron chi connectivity index (χ0n) is 16.9. The van der Waals surface area contributed by atoms with Gasteiger partial charge in [0, 0.05) is 19.0 Å². The SMILES string of the molecule is CCN(CC)CCCOc1ccc(C)c2cc(C(=O)N(C)C(=N)N)[nH]c12.Cl.Cl. The molecule has 7 nitrogen and oxygen atoms in total. The Bertz CT molecular complexity index is 790. The Morgan fingerprint density at radius 1 is 1.25 bits per heavy atom. The van der Waals surface area contributed by atoms with E-state index in [0.29, 0.717) is 12.3 Å². The first-order valence-electron chi connectivity index (χ1n) is 8.98. The van der Waals surface area contributed by atoms with E-state index < -0.39 is 0 Å². The minimum absolute atomic E-state index is 0. The summed E-state index contributed by atoms with van der Waals surface area (Å²) in [7, 11) is 1.48. The van der Waals surface area contributed by atoms with Gasteiger partial charge in [0.15, 0.2) is 5.96 Å². The summed E-state index contributed by atoms with van der Waals surface area (Å²) in [6, 6.07) is 5.70. The van der Waals surface area contributed by atoms with E-state index in [2.05, 4.69) is 23.7 Å². The number of nitrogens with one attached hydrogen (secondary N) is 2. The highest BCUT2D eigenvalue weighted by molar-refractivity contribution is 6.06. The van der Waals surface area contributed by atoms with Crippen LogP contribution in [0.1, 0.15) is 36.3 Å². The van der Waals surface area contributed by atoms with Gasteiger partial charge in [0.25, 0.3) is 5.91 Å². The molecule has 1 amide bonds. The highest BCUT2D eigenvalue weighted by Crippen LogP contribution is 2.29. The summed E-state index contributed by atoms with van der Waals surface area (Å²) in [5.74, 6) is 0.0912. The maximum atomic E-state index is 12.4. The van der Waals surface area contributed by atoms with Crippen LogP contribution >= 0.6 is 24.8 Å². The van der Waals surface area contributed by atoms with Gasteiger partial charge in [-0.25, -0.2) is 0 Å². The number of fused-ring (bicyclic) bond motifs is 1. The Morgan fingerprint density at radius 2 is 1.89 bits per heavy atom. The molecule has 0 saturated carbocycles. The molecule has 0 atom stereocenters. The van der Waals surface area contributed by atoms with Gasteiger partial charge >= 0.3 is 0 Å². The second-order valence-electron chi connectivity index (χ2n) is 6.33. The molecule has 1 heterocycles. The Labute approximate surface area is 178 Å². The summed E-state index contributed by atoms with van der Waals surface area (Å²) in [5, 5.41) is 8.35. The maximum Gasteiger partial charge on any atom is 0.276 e. The van der Waals surface area contributed by atoms with E-state index in [4.69, 9.17) is 15.9 Å². The molecule has 0 aliphatic carbocycles. The number of aromatic amines is 1. The lowest BCUT2D eigenvalue weighted by molar-refractivity contribution is 0.0864. The monoisotopic (exact) mass is 431 g/mol. The quantitative estimate of drug-likeness (QED) is 0.338. The lowest BCUT2D eigenvalue weighted by atomic mass is 10.1. The third-order valence-electron chi connectivity index (χ3n) is 4.64. The van der Waals surface area contributed by atoms with Gasteiger partial charge in [0.2, 0.25) is 0 Å². The normalized spacial score (nSPS) is 10.3. The lowest BCUT2D eigenvalue weighted by Gasteiger charge is -2.17. The van der Waals surface area contributed by atoms with Crippen LogP contribution in [0.4, 0.5) is 0 Å². The molecule has 158 valence electrons. The fraction of sp³-hybridized carbons (Fsp3) is 0.474. The molecule has 1 aromatic carbocycles. The topological polar surface area (TPSA) is 98.4 Å². The van der Waals surface area contributed by atoms with Gasteiger partial charge in [0.1, 0.15) is 11.4 Å². The van der Waals surface area contributed by atoms with Crippen molar-refractivity contribution in [2.24, 2.45) is 5.73 Å². The summed E-state index contributed by atoms with van der Waals surface area (Å²) in [6.45, 7) is 9.99. The minimum atomic E-state index is -0.347. The van der Waals surface area contributed by atoms with E-state index in [9.17, 15) is 4.79 Å². The van der Waals surface area contributed by atoms with Gasteiger partial charge in [-0.15, -0.1) is 24.8 Å². The standard InChI is InChI=1S/C19H29N5O2.2ClH/c1-5-24(6-2)10-7-11-26-16-9-8-13(3)14-12-15(22-17(14)16)18(25)23(4)19(20)21;;/h8-9,12,22H,5-7,10-11H2,1-4H3,(H3,20,21);2*1H. The van der Waals surface area contributed by atoms with Crippen molar-refractivity contribution in [1.29, 1.82) is 5.41 Å². The predicted octanol–water partition coefficient (Wildman–Crippen LogP) is 3.40. The predicted molar refractivity (Wildman–Crippen MR) is 119 cm³/mol. The second-order valence-corrected chi connectivity index (χ2v) is 6.33. The molecule has 28 heavy (non-hydrogen) atoms. The highest BCUT2D eigenvalue weighted by Gasteiger charge is 2.18. The minimum Gasteiger partial charge on any atom is -0.491 e. The molecule has 0 aliphatic heterocycles. The molecule has 0 spiro atoms. The molecule has 0 aliphatic rings. The van der Waals surface area contributed by atoms with E-state index >= 15 is 0 Å². The number of amides is 1. The molecule has 9 heteroatoms. The van der Waals surface area contributed by atoms with Crippen LogP contribution in [-0.4, -0.2) is 59.9 Å². The fourth-order valence-corrected chi connectivity index (χ4v) is 2.87. The van der Waals surface area contributed by atoms with E-state index in [1.165, 1.54) is 7.05 Å². The second kappa shape index (κ2) is 11.8. The van der Waals surface area contributed by atoms with E-state index in [1.807, 2.05) is 19.1 Å². The summed E-state index contributed by atoms with van der Waals surface area (Å²) in [4.78, 5) is 19.0. The molecule has 4 N–H and O–H groups in total. The van der Waals surface area contributed by atoms with Crippen LogP contribution in [0.5, 0.6) is 5.75 Å². The largest absolute Gasteiger partial charge is 0.491 e. The Morgan fingerprint density at radius 3 is 2.46 bits per heavy atom. The first-order chi connectivity index (χ1) is 12.4. The molecular weight excluding hydrogens is 401 g/mol. The average Bonchev–Trinajstić information content (AvgIpc) is 3.08. The number of carbonyl (C=O) groups is 1. The third kappa shape index (κ3) is 6.02. The molecule has 0 radical (unpaired) electrons. The molecule has 2 rings (SSSR count). The lowest BCUT2D eigenvalue weighted by Crippen LogP contribution is -2.38. The molecular formula is C19H31Cl2N5O2. The van der Waals surface area contributed by atoms with Crippen molar-refractivity contribution in [3.63, 3.8) is 0 Å². The number of nitrogens with zero attached hydrogens (tertiary/aromatic N) is 2. The number of guanidine groups is 1. The van der Waals surface area contributed by atoms with Crippen molar-refractivity contribution >= 4 is 47.6 Å². The number of aryl methyl sites for hydroxylation is 1. The number of rotatable bonds is 8. The number of ether oxygens (including phenoxy) is 1. The van der Waals surface area contributed by atoms with Crippen LogP contribution < -0.4 is 10.5 Å². The Kier molecular flexibility index (Phi) is 11.0. The van der Waals surface area contributed by atoms with Crippen molar-refractivity contribution in [1.82, 2.24) is 14.8 Å². The van der Waals surface area contributed by atoms with E-state index in [-0.39, 0.29) is 36.7 Å². The molecule has 0 fully saturated rings. The molecule has 0 unspecified atom stereocenters. The molecule has 0 saturated heterocycles. The van der Waals surface area contributed by atoms with Crippen molar-refractivity contribution in [2.75, 3.05) is 33.3 Å². The number of nitrogens with two attached hydrogens (primary N) is 1. The molecule has 1 aromatic heterocycles. The smallest absolute Gasteiger partial charge is 0.276 e. The van der Waals surface area contributed by atoms with Crippen molar-refractivity contribution < 1.29 is 9.53 Å². The fourth-order valence-electron chi connectivity index (χ4n) is 2.87. The van der Waals surface area contributed by atoms with Crippen LogP contribution in [0, 0.1) is 12.3 Å². The van der Waals surface area contributed by atoms with Crippen molar-refractivity contribution in [3.05, 3.63) is 29.5 Å². The van der Waals surface area contributed by atoms with Crippen LogP contribution in [0.25, 0.3) is 10.9 Å².